The van der Waals surface area contributed by atoms with E-state index in [2.05, 4.69) is 10.3 Å². The second kappa shape index (κ2) is 7.20. The van der Waals surface area contributed by atoms with E-state index in [1.807, 2.05) is 28.8 Å². The van der Waals surface area contributed by atoms with Gasteiger partial charge in [0.15, 0.2) is 11.4 Å². The molecule has 30 heavy (non-hydrogen) atoms. The predicted octanol–water partition coefficient (Wildman–Crippen LogP) is 4.20. The lowest BCUT2D eigenvalue weighted by molar-refractivity contribution is 0.0995. The third-order valence-corrected chi connectivity index (χ3v) is 5.05. The Morgan fingerprint density at radius 2 is 1.83 bits per heavy atom. The van der Waals surface area contributed by atoms with Gasteiger partial charge < -0.3 is 14.1 Å². The number of halogens is 1. The molecule has 0 unspecified atom stereocenters. The molecule has 0 aliphatic heterocycles. The maximum atomic E-state index is 13.0. The van der Waals surface area contributed by atoms with Crippen molar-refractivity contribution < 1.29 is 9.21 Å². The molecule has 5 aromatic rings. The number of aromatic nitrogens is 3. The van der Waals surface area contributed by atoms with Gasteiger partial charge in [-0.15, -0.1) is 0 Å². The fraction of sp³-hybridized carbons (Fsp3) is 0.0455. The molecule has 0 spiro atoms. The number of rotatable bonds is 4. The standard InChI is InChI=1S/C22H15ClN4O3/c23-14-5-7-15(8-6-14)25-21(28)19-10-9-16(30-19)13-27-20-17(3-1-11-24-20)26-12-2-4-18(26)22(27)29/h1-12H,13H2,(H,25,28). The monoisotopic (exact) mass is 418 g/mol. The highest BCUT2D eigenvalue weighted by molar-refractivity contribution is 6.30. The van der Waals surface area contributed by atoms with Crippen LogP contribution >= 0.6 is 11.6 Å². The Balaban J connectivity index is 1.47. The van der Waals surface area contributed by atoms with Crippen LogP contribution in [-0.4, -0.2) is 19.9 Å². The van der Waals surface area contributed by atoms with E-state index in [-0.39, 0.29) is 23.8 Å². The number of nitrogens with one attached hydrogen (secondary N) is 1. The topological polar surface area (TPSA) is 81.5 Å². The Morgan fingerprint density at radius 1 is 1.03 bits per heavy atom. The zero-order valence-corrected chi connectivity index (χ0v) is 16.3. The zero-order valence-electron chi connectivity index (χ0n) is 15.6. The maximum Gasteiger partial charge on any atom is 0.291 e. The molecule has 0 fully saturated rings. The summed E-state index contributed by atoms with van der Waals surface area (Å²) in [7, 11) is 0. The molecule has 8 heteroatoms. The maximum absolute atomic E-state index is 13.0. The molecule has 1 amide bonds. The van der Waals surface area contributed by atoms with Crippen molar-refractivity contribution in [2.45, 2.75) is 6.54 Å². The van der Waals surface area contributed by atoms with Gasteiger partial charge in [0.1, 0.15) is 11.3 Å². The number of amides is 1. The molecule has 0 saturated heterocycles. The highest BCUT2D eigenvalue weighted by Crippen LogP contribution is 2.18. The summed E-state index contributed by atoms with van der Waals surface area (Å²) in [5, 5.41) is 3.33. The summed E-state index contributed by atoms with van der Waals surface area (Å²) in [5.41, 5.74) is 2.31. The number of anilines is 1. The number of hydrogen-bond donors (Lipinski definition) is 1. The van der Waals surface area contributed by atoms with Crippen molar-refractivity contribution in [2.75, 3.05) is 5.32 Å². The van der Waals surface area contributed by atoms with E-state index in [4.69, 9.17) is 16.0 Å². The first-order chi connectivity index (χ1) is 14.6. The Hall–Kier alpha value is -3.84. The van der Waals surface area contributed by atoms with Gasteiger partial charge in [-0.3, -0.25) is 14.2 Å². The van der Waals surface area contributed by atoms with Gasteiger partial charge in [0.2, 0.25) is 0 Å². The summed E-state index contributed by atoms with van der Waals surface area (Å²) in [4.78, 5) is 29.8. The lowest BCUT2D eigenvalue weighted by Crippen LogP contribution is -2.23. The molecule has 1 aromatic carbocycles. The van der Waals surface area contributed by atoms with Crippen LogP contribution in [0.15, 0.2) is 82.3 Å². The van der Waals surface area contributed by atoms with Crippen LogP contribution in [0, 0.1) is 0 Å². The molecule has 0 bridgehead atoms. The molecule has 0 aliphatic carbocycles. The average Bonchev–Trinajstić information content (AvgIpc) is 3.43. The lowest BCUT2D eigenvalue weighted by atomic mass is 10.3. The van der Waals surface area contributed by atoms with Crippen LogP contribution in [0.3, 0.4) is 0 Å². The minimum Gasteiger partial charge on any atom is -0.454 e. The van der Waals surface area contributed by atoms with E-state index < -0.39 is 0 Å². The van der Waals surface area contributed by atoms with Crippen molar-refractivity contribution in [1.82, 2.24) is 14.0 Å². The largest absolute Gasteiger partial charge is 0.454 e. The third-order valence-electron chi connectivity index (χ3n) is 4.80. The molecule has 7 nitrogen and oxygen atoms in total. The van der Waals surface area contributed by atoms with Crippen molar-refractivity contribution >= 4 is 39.9 Å². The Morgan fingerprint density at radius 3 is 2.67 bits per heavy atom. The van der Waals surface area contributed by atoms with Gasteiger partial charge in [-0.1, -0.05) is 11.6 Å². The summed E-state index contributed by atoms with van der Waals surface area (Å²) in [6.07, 6.45) is 3.47. The van der Waals surface area contributed by atoms with E-state index >= 15 is 0 Å². The molecular weight excluding hydrogens is 404 g/mol. The quantitative estimate of drug-likeness (QED) is 0.474. The fourth-order valence-electron chi connectivity index (χ4n) is 3.40. The van der Waals surface area contributed by atoms with Crippen LogP contribution in [0.1, 0.15) is 16.3 Å². The van der Waals surface area contributed by atoms with E-state index in [1.165, 1.54) is 0 Å². The van der Waals surface area contributed by atoms with Crippen LogP contribution in [0.25, 0.3) is 16.7 Å². The highest BCUT2D eigenvalue weighted by Gasteiger charge is 2.15. The third kappa shape index (κ3) is 3.15. The zero-order chi connectivity index (χ0) is 20.7. The van der Waals surface area contributed by atoms with Crippen molar-refractivity contribution in [3.63, 3.8) is 0 Å². The van der Waals surface area contributed by atoms with Crippen LogP contribution in [0.4, 0.5) is 5.69 Å². The summed E-state index contributed by atoms with van der Waals surface area (Å²) < 4.78 is 9.07. The number of fused-ring (bicyclic) bond motifs is 3. The van der Waals surface area contributed by atoms with Gasteiger partial charge in [0.05, 0.1) is 12.1 Å². The molecule has 148 valence electrons. The van der Waals surface area contributed by atoms with Crippen LogP contribution < -0.4 is 10.9 Å². The lowest BCUT2D eigenvalue weighted by Gasteiger charge is -2.10. The first-order valence-electron chi connectivity index (χ1n) is 9.20. The van der Waals surface area contributed by atoms with E-state index in [9.17, 15) is 9.59 Å². The van der Waals surface area contributed by atoms with Crippen molar-refractivity contribution in [3.05, 3.63) is 100.0 Å². The predicted molar refractivity (Wildman–Crippen MR) is 114 cm³/mol. The van der Waals surface area contributed by atoms with Crippen LogP contribution in [0.2, 0.25) is 5.02 Å². The summed E-state index contributed by atoms with van der Waals surface area (Å²) >= 11 is 5.86. The molecule has 0 radical (unpaired) electrons. The smallest absolute Gasteiger partial charge is 0.291 e. The number of pyridine rings is 1. The molecule has 5 rings (SSSR count). The van der Waals surface area contributed by atoms with Crippen LogP contribution in [-0.2, 0) is 6.54 Å². The van der Waals surface area contributed by atoms with Crippen molar-refractivity contribution in [3.8, 4) is 0 Å². The molecule has 4 aromatic heterocycles. The number of benzene rings is 1. The molecule has 0 aliphatic rings. The van der Waals surface area contributed by atoms with E-state index in [0.29, 0.717) is 27.6 Å². The molecule has 0 saturated carbocycles. The highest BCUT2D eigenvalue weighted by atomic mass is 35.5. The van der Waals surface area contributed by atoms with E-state index in [0.717, 1.165) is 5.52 Å². The van der Waals surface area contributed by atoms with Crippen molar-refractivity contribution in [2.24, 2.45) is 0 Å². The molecule has 1 N–H and O–H groups in total. The number of carbonyl (C=O) groups is 1. The molecular formula is C22H15ClN4O3. The molecule has 4 heterocycles. The van der Waals surface area contributed by atoms with Gasteiger partial charge >= 0.3 is 0 Å². The summed E-state index contributed by atoms with van der Waals surface area (Å²) in [5.74, 6) is 0.233. The number of carbonyl (C=O) groups excluding carboxylic acids is 1. The number of furan rings is 1. The summed E-state index contributed by atoms with van der Waals surface area (Å²) in [6.45, 7) is 0.155. The van der Waals surface area contributed by atoms with Gasteiger partial charge in [0.25, 0.3) is 11.5 Å². The first-order valence-corrected chi connectivity index (χ1v) is 9.58. The second-order valence-corrected chi connectivity index (χ2v) is 7.16. The first kappa shape index (κ1) is 18.2. The minimum absolute atomic E-state index is 0.147. The summed E-state index contributed by atoms with van der Waals surface area (Å²) in [6, 6.07) is 17.3. The van der Waals surface area contributed by atoms with Crippen molar-refractivity contribution in [1.29, 1.82) is 0 Å². The number of hydrogen-bond acceptors (Lipinski definition) is 4. The normalized spacial score (nSPS) is 11.2. The molecule has 0 atom stereocenters. The van der Waals surface area contributed by atoms with Crippen LogP contribution in [0.5, 0.6) is 0 Å². The van der Waals surface area contributed by atoms with Gasteiger partial charge in [-0.05, 0) is 60.7 Å². The Labute approximate surface area is 175 Å². The van der Waals surface area contributed by atoms with E-state index in [1.54, 1.807) is 53.2 Å². The van der Waals surface area contributed by atoms with Gasteiger partial charge in [0, 0.05) is 23.1 Å². The Kier molecular flexibility index (Phi) is 4.37. The Bertz CT molecular complexity index is 1450. The van der Waals surface area contributed by atoms with Gasteiger partial charge in [-0.2, -0.15) is 0 Å². The second-order valence-electron chi connectivity index (χ2n) is 6.73. The van der Waals surface area contributed by atoms with Gasteiger partial charge in [-0.25, -0.2) is 4.98 Å². The minimum atomic E-state index is -0.388. The SMILES string of the molecule is O=C(Nc1ccc(Cl)cc1)c1ccc(Cn2c(=O)c3cccn3c3cccnc32)o1. The number of nitrogens with zero attached hydrogens (tertiary/aromatic N) is 3. The fourth-order valence-corrected chi connectivity index (χ4v) is 3.52. The average molecular weight is 419 g/mol.